The molecule has 5 rings (SSSR count). The van der Waals surface area contributed by atoms with Crippen LogP contribution >= 0.6 is 11.6 Å². The van der Waals surface area contributed by atoms with E-state index in [0.29, 0.717) is 35.3 Å². The number of halogens is 1. The summed E-state index contributed by atoms with van der Waals surface area (Å²) in [5, 5.41) is 12.7. The highest BCUT2D eigenvalue weighted by Gasteiger charge is 2.25. The lowest BCUT2D eigenvalue weighted by atomic mass is 9.85. The SMILES string of the molecule is Cc1ncc(Cl)cc1C(=O)N[C@H]1CC[C@H](Cn2c(=O)n(Cc3ccc(C(=O)O)cc3)c3ccccc32)CC1. The molecule has 1 saturated carbocycles. The molecule has 0 atom stereocenters. The number of carbonyl (C=O) groups excluding carboxylic acids is 1. The van der Waals surface area contributed by atoms with Crippen molar-refractivity contribution in [3.63, 3.8) is 0 Å². The van der Waals surface area contributed by atoms with Crippen LogP contribution < -0.4 is 11.0 Å². The second-order valence-corrected chi connectivity index (χ2v) is 10.4. The lowest BCUT2D eigenvalue weighted by Gasteiger charge is -2.29. The number of aromatic carboxylic acids is 1. The summed E-state index contributed by atoms with van der Waals surface area (Å²) in [6, 6.07) is 16.1. The van der Waals surface area contributed by atoms with Crippen LogP contribution in [0.15, 0.2) is 65.6 Å². The summed E-state index contributed by atoms with van der Waals surface area (Å²) in [6.07, 6.45) is 5.02. The van der Waals surface area contributed by atoms with Gasteiger partial charge in [-0.25, -0.2) is 9.59 Å². The molecule has 0 unspecified atom stereocenters. The Bertz CT molecular complexity index is 1550. The molecule has 1 aliphatic carbocycles. The zero-order valence-corrected chi connectivity index (χ0v) is 21.8. The number of imidazole rings is 1. The highest BCUT2D eigenvalue weighted by atomic mass is 35.5. The number of carboxylic acids is 1. The molecule has 0 spiro atoms. The largest absolute Gasteiger partial charge is 0.478 e. The molecule has 0 saturated heterocycles. The van der Waals surface area contributed by atoms with Crippen molar-refractivity contribution in [3.8, 4) is 0 Å². The highest BCUT2D eigenvalue weighted by molar-refractivity contribution is 6.30. The normalized spacial score (nSPS) is 17.4. The maximum atomic E-state index is 13.5. The van der Waals surface area contributed by atoms with Gasteiger partial charge in [0.05, 0.1) is 39.4 Å². The first-order chi connectivity index (χ1) is 18.3. The highest BCUT2D eigenvalue weighted by Crippen LogP contribution is 2.27. The molecule has 4 aromatic rings. The minimum absolute atomic E-state index is 0.0731. The van der Waals surface area contributed by atoms with Crippen LogP contribution in [0.5, 0.6) is 0 Å². The zero-order chi connectivity index (χ0) is 26.8. The number of nitrogens with zero attached hydrogens (tertiary/aromatic N) is 3. The number of nitrogens with one attached hydrogen (secondary N) is 1. The van der Waals surface area contributed by atoms with E-state index < -0.39 is 5.97 Å². The van der Waals surface area contributed by atoms with Gasteiger partial charge in [-0.3, -0.25) is 18.9 Å². The Morgan fingerprint density at radius 3 is 2.34 bits per heavy atom. The first-order valence-corrected chi connectivity index (χ1v) is 13.1. The molecule has 2 aromatic carbocycles. The molecule has 2 heterocycles. The second kappa shape index (κ2) is 10.8. The first kappa shape index (κ1) is 25.7. The van der Waals surface area contributed by atoms with Gasteiger partial charge in [-0.05, 0) is 74.4 Å². The average molecular weight is 533 g/mol. The molecule has 196 valence electrons. The maximum Gasteiger partial charge on any atom is 0.335 e. The molecular formula is C29H29ClN4O4. The van der Waals surface area contributed by atoms with Gasteiger partial charge in [0, 0.05) is 18.8 Å². The van der Waals surface area contributed by atoms with Crippen LogP contribution in [0.1, 0.15) is 57.7 Å². The summed E-state index contributed by atoms with van der Waals surface area (Å²) in [5.74, 6) is -0.808. The molecule has 2 aromatic heterocycles. The number of carboxylic acid groups (broad SMARTS) is 1. The smallest absolute Gasteiger partial charge is 0.335 e. The maximum absolute atomic E-state index is 13.5. The predicted molar refractivity (Wildman–Crippen MR) is 146 cm³/mol. The molecule has 2 N–H and O–H groups in total. The molecule has 1 aliphatic rings. The van der Waals surface area contributed by atoms with E-state index in [1.54, 1.807) is 41.8 Å². The van der Waals surface area contributed by atoms with E-state index in [4.69, 9.17) is 16.7 Å². The van der Waals surface area contributed by atoms with E-state index in [1.165, 1.54) is 6.20 Å². The van der Waals surface area contributed by atoms with E-state index in [9.17, 15) is 14.4 Å². The minimum Gasteiger partial charge on any atom is -0.478 e. The average Bonchev–Trinajstić information content (AvgIpc) is 3.17. The van der Waals surface area contributed by atoms with Gasteiger partial charge in [0.25, 0.3) is 5.91 Å². The fourth-order valence-electron chi connectivity index (χ4n) is 5.29. The van der Waals surface area contributed by atoms with Gasteiger partial charge in [0.1, 0.15) is 0 Å². The number of amides is 1. The van der Waals surface area contributed by atoms with Crippen LogP contribution in [0.2, 0.25) is 5.02 Å². The molecule has 0 bridgehead atoms. The van der Waals surface area contributed by atoms with Gasteiger partial charge in [0.15, 0.2) is 0 Å². The Morgan fingerprint density at radius 2 is 1.68 bits per heavy atom. The van der Waals surface area contributed by atoms with E-state index in [-0.39, 0.29) is 23.2 Å². The fourth-order valence-corrected chi connectivity index (χ4v) is 5.44. The molecule has 0 radical (unpaired) electrons. The van der Waals surface area contributed by atoms with Gasteiger partial charge in [-0.1, -0.05) is 35.9 Å². The number of rotatable bonds is 7. The van der Waals surface area contributed by atoms with Gasteiger partial charge in [-0.2, -0.15) is 0 Å². The number of para-hydroxylation sites is 2. The van der Waals surface area contributed by atoms with Crippen LogP contribution in [-0.2, 0) is 13.1 Å². The third-order valence-corrected chi connectivity index (χ3v) is 7.59. The third-order valence-electron chi connectivity index (χ3n) is 7.39. The number of aryl methyl sites for hydroxylation is 1. The first-order valence-electron chi connectivity index (χ1n) is 12.7. The number of benzene rings is 2. The van der Waals surface area contributed by atoms with Crippen LogP contribution in [-0.4, -0.2) is 37.1 Å². The van der Waals surface area contributed by atoms with Crippen molar-refractivity contribution in [3.05, 3.63) is 98.7 Å². The predicted octanol–water partition coefficient (Wildman–Crippen LogP) is 4.90. The summed E-state index contributed by atoms with van der Waals surface area (Å²) in [4.78, 5) is 41.6. The Kier molecular flexibility index (Phi) is 7.33. The lowest BCUT2D eigenvalue weighted by Crippen LogP contribution is -2.39. The Balaban J connectivity index is 1.27. The standard InChI is InChI=1S/C29H29ClN4O4/c1-18-24(14-22(30)15-31-18)27(35)32-23-12-8-20(9-13-23)17-34-26-5-3-2-4-25(26)33(29(34)38)16-19-6-10-21(11-7-19)28(36)37/h2-7,10-11,14-15,20,23H,8-9,12-13,16-17H2,1H3,(H,32,35)(H,36,37)/t20-,23-. The van der Waals surface area contributed by atoms with Crippen LogP contribution in [0.3, 0.4) is 0 Å². The number of aromatic nitrogens is 3. The van der Waals surface area contributed by atoms with Crippen molar-refractivity contribution < 1.29 is 14.7 Å². The fraction of sp³-hybridized carbons (Fsp3) is 0.310. The van der Waals surface area contributed by atoms with E-state index in [2.05, 4.69) is 10.3 Å². The lowest BCUT2D eigenvalue weighted by molar-refractivity contribution is 0.0696. The van der Waals surface area contributed by atoms with E-state index in [1.807, 2.05) is 28.8 Å². The molecule has 0 aliphatic heterocycles. The topological polar surface area (TPSA) is 106 Å². The molecule has 1 fully saturated rings. The van der Waals surface area contributed by atoms with Crippen LogP contribution in [0, 0.1) is 12.8 Å². The third kappa shape index (κ3) is 5.36. The van der Waals surface area contributed by atoms with E-state index in [0.717, 1.165) is 42.3 Å². The molecule has 9 heteroatoms. The van der Waals surface area contributed by atoms with Gasteiger partial charge in [0.2, 0.25) is 0 Å². The molecule has 1 amide bonds. The minimum atomic E-state index is -0.976. The number of pyridine rings is 1. The zero-order valence-electron chi connectivity index (χ0n) is 21.1. The Labute approximate surface area is 224 Å². The quantitative estimate of drug-likeness (QED) is 0.352. The molecule has 8 nitrogen and oxygen atoms in total. The summed E-state index contributed by atoms with van der Waals surface area (Å²) < 4.78 is 3.60. The monoisotopic (exact) mass is 532 g/mol. The summed E-state index contributed by atoms with van der Waals surface area (Å²) in [6.45, 7) is 2.77. The number of hydrogen-bond acceptors (Lipinski definition) is 4. The summed E-state index contributed by atoms with van der Waals surface area (Å²) >= 11 is 6.03. The van der Waals surface area contributed by atoms with Crippen molar-refractivity contribution >= 4 is 34.5 Å². The Morgan fingerprint density at radius 1 is 1.03 bits per heavy atom. The number of carbonyl (C=O) groups is 2. The molecule has 38 heavy (non-hydrogen) atoms. The van der Waals surface area contributed by atoms with Gasteiger partial charge < -0.3 is 10.4 Å². The van der Waals surface area contributed by atoms with E-state index >= 15 is 0 Å². The summed E-state index contributed by atoms with van der Waals surface area (Å²) in [5.41, 5.74) is 3.89. The van der Waals surface area contributed by atoms with Crippen LogP contribution in [0.4, 0.5) is 0 Å². The van der Waals surface area contributed by atoms with Crippen LogP contribution in [0.25, 0.3) is 11.0 Å². The van der Waals surface area contributed by atoms with Gasteiger partial charge in [-0.15, -0.1) is 0 Å². The number of fused-ring (bicyclic) bond motifs is 1. The van der Waals surface area contributed by atoms with Crippen molar-refractivity contribution in [2.45, 2.75) is 51.7 Å². The van der Waals surface area contributed by atoms with Crippen molar-refractivity contribution in [1.29, 1.82) is 0 Å². The molecular weight excluding hydrogens is 504 g/mol. The van der Waals surface area contributed by atoms with Crippen molar-refractivity contribution in [2.24, 2.45) is 5.92 Å². The van der Waals surface area contributed by atoms with Gasteiger partial charge >= 0.3 is 11.7 Å². The summed E-state index contributed by atoms with van der Waals surface area (Å²) in [7, 11) is 0. The Hall–Kier alpha value is -3.91. The second-order valence-electron chi connectivity index (χ2n) is 9.95. The number of hydrogen-bond donors (Lipinski definition) is 2. The van der Waals surface area contributed by atoms with Crippen molar-refractivity contribution in [2.75, 3.05) is 0 Å². The van der Waals surface area contributed by atoms with Crippen molar-refractivity contribution in [1.82, 2.24) is 19.4 Å².